The van der Waals surface area contributed by atoms with Crippen LogP contribution in [-0.4, -0.2) is 89.9 Å². The van der Waals surface area contributed by atoms with Gasteiger partial charge in [0.25, 0.3) is 11.8 Å². The predicted octanol–water partition coefficient (Wildman–Crippen LogP) is 1.54. The summed E-state index contributed by atoms with van der Waals surface area (Å²) in [5.74, 6) is -1.92. The van der Waals surface area contributed by atoms with Crippen LogP contribution in [-0.2, 0) is 11.2 Å². The third-order valence-corrected chi connectivity index (χ3v) is 7.00. The fraction of sp³-hybridized carbons (Fsp3) is 0.435. The van der Waals surface area contributed by atoms with Gasteiger partial charge in [-0.25, -0.2) is 13.9 Å². The van der Waals surface area contributed by atoms with Gasteiger partial charge >= 0.3 is 6.18 Å². The number of nitrogens with two attached hydrogens (primary N) is 1. The number of carbonyl (C=O) groups excluding carboxylic acids is 2. The van der Waals surface area contributed by atoms with Gasteiger partial charge in [0.2, 0.25) is 5.60 Å². The van der Waals surface area contributed by atoms with Crippen molar-refractivity contribution in [3.8, 4) is 11.3 Å². The van der Waals surface area contributed by atoms with E-state index in [9.17, 15) is 32.3 Å². The van der Waals surface area contributed by atoms with E-state index in [2.05, 4.69) is 15.1 Å². The standard InChI is InChI=1S/C23H23F4N7O3/c1-11-5-16(34-18(11)19(28)30-10-31-34)12-6-13-15(29-7-12)3-4-33(20(13)35)17-9-32(8-14(17)24)21(36)22(2,37)23(25,26)27/h5-7,10,14,17,37H,3-4,8-9H2,1-2H3,(H2,28,30,31)/t14?,17?,22-/m1/s1. The van der Waals surface area contributed by atoms with Gasteiger partial charge in [0.05, 0.1) is 29.5 Å². The Hall–Kier alpha value is -3.81. The van der Waals surface area contributed by atoms with E-state index in [4.69, 9.17) is 5.73 Å². The molecular weight excluding hydrogens is 498 g/mol. The molecular formula is C23H23F4N7O3. The zero-order chi connectivity index (χ0) is 26.9. The van der Waals surface area contributed by atoms with Gasteiger partial charge in [0, 0.05) is 31.3 Å². The summed E-state index contributed by atoms with van der Waals surface area (Å²) >= 11 is 0. The SMILES string of the molecule is Cc1cc(-c2cnc3c(c2)C(=O)N(C2CN(C(=O)[C@@](C)(O)C(F)(F)F)CC2F)CC3)n2ncnc(N)c12. The summed E-state index contributed by atoms with van der Waals surface area (Å²) in [6, 6.07) is 2.26. The number of amides is 2. The number of fused-ring (bicyclic) bond motifs is 2. The number of anilines is 1. The molecule has 3 atom stereocenters. The smallest absolute Gasteiger partial charge is 0.382 e. The fourth-order valence-electron chi connectivity index (χ4n) is 4.91. The van der Waals surface area contributed by atoms with E-state index in [-0.39, 0.29) is 17.9 Å². The van der Waals surface area contributed by atoms with E-state index in [0.29, 0.717) is 40.7 Å². The summed E-state index contributed by atoms with van der Waals surface area (Å²) in [6.45, 7) is 1.11. The second kappa shape index (κ2) is 8.36. The van der Waals surface area contributed by atoms with Crippen LogP contribution in [0.1, 0.15) is 28.5 Å². The number of hydrogen-bond donors (Lipinski definition) is 2. The van der Waals surface area contributed by atoms with Crippen LogP contribution >= 0.6 is 0 Å². The highest BCUT2D eigenvalue weighted by Crippen LogP contribution is 2.35. The van der Waals surface area contributed by atoms with Gasteiger partial charge in [0.1, 0.15) is 18.0 Å². The number of halogens is 4. The van der Waals surface area contributed by atoms with Gasteiger partial charge in [-0.2, -0.15) is 18.3 Å². The van der Waals surface area contributed by atoms with Crippen molar-refractivity contribution in [2.45, 2.75) is 44.3 Å². The lowest BCUT2D eigenvalue weighted by atomic mass is 9.99. The van der Waals surface area contributed by atoms with Crippen LogP contribution in [0.4, 0.5) is 23.4 Å². The Bertz CT molecular complexity index is 1420. The molecule has 5 rings (SSSR count). The fourth-order valence-corrected chi connectivity index (χ4v) is 4.91. The van der Waals surface area contributed by atoms with Crippen LogP contribution in [0.5, 0.6) is 0 Å². The second-order valence-electron chi connectivity index (χ2n) is 9.45. The Morgan fingerprint density at radius 1 is 1.22 bits per heavy atom. The molecule has 0 spiro atoms. The maximum Gasteiger partial charge on any atom is 0.426 e. The summed E-state index contributed by atoms with van der Waals surface area (Å²) in [7, 11) is 0. The zero-order valence-electron chi connectivity index (χ0n) is 19.8. The summed E-state index contributed by atoms with van der Waals surface area (Å²) in [6.07, 6.45) is -3.83. The van der Waals surface area contributed by atoms with Crippen LogP contribution in [0.25, 0.3) is 16.8 Å². The highest BCUT2D eigenvalue weighted by atomic mass is 19.4. The van der Waals surface area contributed by atoms with Crippen LogP contribution < -0.4 is 5.73 Å². The highest BCUT2D eigenvalue weighted by Gasteiger charge is 2.58. The van der Waals surface area contributed by atoms with Crippen molar-refractivity contribution in [3.63, 3.8) is 0 Å². The number of aryl methyl sites for hydroxylation is 1. The maximum absolute atomic E-state index is 15.0. The van der Waals surface area contributed by atoms with Crippen LogP contribution in [0, 0.1) is 6.92 Å². The number of likely N-dealkylation sites (tertiary alicyclic amines) is 1. The lowest BCUT2D eigenvalue weighted by molar-refractivity contribution is -0.249. The molecule has 3 aromatic heterocycles. The van der Waals surface area contributed by atoms with Crippen molar-refractivity contribution in [1.29, 1.82) is 0 Å². The van der Waals surface area contributed by atoms with Gasteiger partial charge < -0.3 is 20.6 Å². The van der Waals surface area contributed by atoms with E-state index >= 15 is 0 Å². The number of pyridine rings is 1. The van der Waals surface area contributed by atoms with Crippen LogP contribution in [0.3, 0.4) is 0 Å². The Labute approximate surface area is 207 Å². The van der Waals surface area contributed by atoms with Crippen LogP contribution in [0.15, 0.2) is 24.7 Å². The quantitative estimate of drug-likeness (QED) is 0.500. The first-order chi connectivity index (χ1) is 17.3. The minimum Gasteiger partial charge on any atom is -0.382 e. The van der Waals surface area contributed by atoms with E-state index in [1.165, 1.54) is 11.2 Å². The third-order valence-electron chi connectivity index (χ3n) is 7.00. The summed E-state index contributed by atoms with van der Waals surface area (Å²) < 4.78 is 56.0. The van der Waals surface area contributed by atoms with Crippen molar-refractivity contribution in [2.75, 3.05) is 25.4 Å². The van der Waals surface area contributed by atoms with Crippen molar-refractivity contribution in [1.82, 2.24) is 29.4 Å². The van der Waals surface area contributed by atoms with E-state index in [0.717, 1.165) is 5.56 Å². The molecule has 2 aliphatic heterocycles. The van der Waals surface area contributed by atoms with Gasteiger partial charge in [-0.3, -0.25) is 14.6 Å². The number of hydrogen-bond acceptors (Lipinski definition) is 7. The Kier molecular flexibility index (Phi) is 5.62. The maximum atomic E-state index is 15.0. The lowest BCUT2D eigenvalue weighted by Crippen LogP contribution is -2.56. The van der Waals surface area contributed by atoms with Gasteiger partial charge in [-0.1, -0.05) is 0 Å². The number of nitrogen functional groups attached to an aromatic ring is 1. The molecule has 2 amide bonds. The van der Waals surface area contributed by atoms with E-state index in [1.807, 2.05) is 13.0 Å². The number of rotatable bonds is 3. The molecule has 0 radical (unpaired) electrons. The molecule has 196 valence electrons. The number of alkyl halides is 4. The molecule has 5 heterocycles. The van der Waals surface area contributed by atoms with E-state index in [1.54, 1.807) is 16.8 Å². The molecule has 2 unspecified atom stereocenters. The van der Waals surface area contributed by atoms with Crippen LogP contribution in [0.2, 0.25) is 0 Å². The molecule has 10 nitrogen and oxygen atoms in total. The zero-order valence-corrected chi connectivity index (χ0v) is 19.8. The normalized spacial score (nSPS) is 21.9. The molecule has 3 aromatic rings. The number of carbonyl (C=O) groups is 2. The molecule has 1 saturated heterocycles. The molecule has 0 aromatic carbocycles. The number of aliphatic hydroxyl groups is 1. The van der Waals surface area contributed by atoms with Crippen molar-refractivity contribution < 1.29 is 32.3 Å². The summed E-state index contributed by atoms with van der Waals surface area (Å²) in [4.78, 5) is 36.0. The third kappa shape index (κ3) is 3.86. The highest BCUT2D eigenvalue weighted by molar-refractivity contribution is 5.98. The first kappa shape index (κ1) is 24.9. The van der Waals surface area contributed by atoms with Gasteiger partial charge in [-0.15, -0.1) is 0 Å². The first-order valence-corrected chi connectivity index (χ1v) is 11.4. The molecule has 37 heavy (non-hydrogen) atoms. The average molecular weight is 521 g/mol. The van der Waals surface area contributed by atoms with Gasteiger partial charge in [-0.05, 0) is 31.5 Å². The summed E-state index contributed by atoms with van der Waals surface area (Å²) in [5.41, 5.74) is 5.61. The molecule has 0 aliphatic carbocycles. The molecule has 3 N–H and O–H groups in total. The minimum atomic E-state index is -5.23. The first-order valence-electron chi connectivity index (χ1n) is 11.4. The lowest BCUT2D eigenvalue weighted by Gasteiger charge is -2.34. The number of aromatic nitrogens is 4. The predicted molar refractivity (Wildman–Crippen MR) is 122 cm³/mol. The molecule has 1 fully saturated rings. The second-order valence-corrected chi connectivity index (χ2v) is 9.45. The molecule has 2 aliphatic rings. The molecule has 14 heteroatoms. The Morgan fingerprint density at radius 3 is 2.65 bits per heavy atom. The Balaban J connectivity index is 1.43. The van der Waals surface area contributed by atoms with Crippen molar-refractivity contribution in [2.24, 2.45) is 0 Å². The number of nitrogens with zero attached hydrogens (tertiary/aromatic N) is 6. The minimum absolute atomic E-state index is 0.0812. The van der Waals surface area contributed by atoms with Crippen molar-refractivity contribution >= 4 is 23.1 Å². The monoisotopic (exact) mass is 521 g/mol. The molecule has 0 bridgehead atoms. The average Bonchev–Trinajstić information content (AvgIpc) is 3.38. The van der Waals surface area contributed by atoms with Crippen molar-refractivity contribution in [3.05, 3.63) is 41.5 Å². The topological polar surface area (TPSA) is 130 Å². The summed E-state index contributed by atoms with van der Waals surface area (Å²) in [5, 5.41) is 14.0. The van der Waals surface area contributed by atoms with E-state index < -0.39 is 48.9 Å². The molecule has 0 saturated carbocycles. The largest absolute Gasteiger partial charge is 0.426 e. The Morgan fingerprint density at radius 2 is 1.95 bits per heavy atom. The van der Waals surface area contributed by atoms with Gasteiger partial charge in [0.15, 0.2) is 5.82 Å².